The van der Waals surface area contributed by atoms with E-state index in [0.717, 1.165) is 18.9 Å². The molecule has 0 fully saturated rings. The molecule has 2 N–H and O–H groups in total. The maximum absolute atomic E-state index is 4.96. The van der Waals surface area contributed by atoms with E-state index in [1.807, 2.05) is 0 Å². The molecule has 2 nitrogen and oxygen atoms in total. The standard InChI is InChI=1S/C14H31NO/c1-14(2)12-10-8-6-4-3-5-7-9-11-13-16-15/h14H,3-13,15H2,1-2H3. The zero-order valence-corrected chi connectivity index (χ0v) is 11.3. The van der Waals surface area contributed by atoms with E-state index in [4.69, 9.17) is 5.90 Å². The summed E-state index contributed by atoms with van der Waals surface area (Å²) in [5.74, 6) is 5.84. The Morgan fingerprint density at radius 2 is 1.19 bits per heavy atom. The topological polar surface area (TPSA) is 35.2 Å². The molecule has 0 aliphatic rings. The lowest BCUT2D eigenvalue weighted by molar-refractivity contribution is 0.133. The summed E-state index contributed by atoms with van der Waals surface area (Å²) in [5, 5.41) is 0. The zero-order valence-electron chi connectivity index (χ0n) is 11.3. The van der Waals surface area contributed by atoms with Crippen molar-refractivity contribution in [2.45, 2.75) is 78.1 Å². The van der Waals surface area contributed by atoms with Crippen LogP contribution in [0.3, 0.4) is 0 Å². The second-order valence-electron chi connectivity index (χ2n) is 5.24. The molecule has 0 aromatic carbocycles. The average molecular weight is 229 g/mol. The van der Waals surface area contributed by atoms with Crippen molar-refractivity contribution >= 4 is 0 Å². The van der Waals surface area contributed by atoms with Gasteiger partial charge in [-0.15, -0.1) is 0 Å². The minimum absolute atomic E-state index is 0.717. The van der Waals surface area contributed by atoms with Crippen molar-refractivity contribution in [3.63, 3.8) is 0 Å². The third-order valence-corrected chi connectivity index (χ3v) is 3.04. The Labute approximate surface area is 102 Å². The van der Waals surface area contributed by atoms with E-state index in [2.05, 4.69) is 18.7 Å². The van der Waals surface area contributed by atoms with Gasteiger partial charge in [0.25, 0.3) is 0 Å². The molecule has 0 rings (SSSR count). The number of hydrogen-bond donors (Lipinski definition) is 1. The maximum Gasteiger partial charge on any atom is 0.0679 e. The lowest BCUT2D eigenvalue weighted by atomic mass is 10.0. The van der Waals surface area contributed by atoms with Gasteiger partial charge in [0.15, 0.2) is 0 Å². The maximum atomic E-state index is 4.96. The fraction of sp³-hybridized carbons (Fsp3) is 1.00. The molecular weight excluding hydrogens is 198 g/mol. The summed E-state index contributed by atoms with van der Waals surface area (Å²) in [6.07, 6.45) is 13.6. The lowest BCUT2D eigenvalue weighted by Crippen LogP contribution is -2.00. The molecule has 0 spiro atoms. The highest BCUT2D eigenvalue weighted by Gasteiger charge is 1.95. The van der Waals surface area contributed by atoms with Crippen LogP contribution in [0.15, 0.2) is 0 Å². The van der Waals surface area contributed by atoms with E-state index in [0.29, 0.717) is 0 Å². The van der Waals surface area contributed by atoms with Crippen LogP contribution in [-0.4, -0.2) is 6.61 Å². The van der Waals surface area contributed by atoms with Crippen molar-refractivity contribution in [2.75, 3.05) is 6.61 Å². The van der Waals surface area contributed by atoms with E-state index < -0.39 is 0 Å². The second kappa shape index (κ2) is 13.0. The van der Waals surface area contributed by atoms with Crippen LogP contribution in [0.25, 0.3) is 0 Å². The molecule has 0 unspecified atom stereocenters. The monoisotopic (exact) mass is 229 g/mol. The molecule has 2 heteroatoms. The Balaban J connectivity index is 2.88. The number of nitrogens with two attached hydrogens (primary N) is 1. The summed E-state index contributed by atoms with van der Waals surface area (Å²) < 4.78 is 0. The van der Waals surface area contributed by atoms with Crippen molar-refractivity contribution in [1.82, 2.24) is 0 Å². The normalized spacial score (nSPS) is 11.2. The zero-order chi connectivity index (χ0) is 12.1. The number of rotatable bonds is 12. The van der Waals surface area contributed by atoms with Crippen LogP contribution >= 0.6 is 0 Å². The molecule has 0 aromatic rings. The Morgan fingerprint density at radius 3 is 1.62 bits per heavy atom. The molecule has 0 aromatic heterocycles. The van der Waals surface area contributed by atoms with Gasteiger partial charge in [-0.05, 0) is 12.3 Å². The van der Waals surface area contributed by atoms with E-state index in [-0.39, 0.29) is 0 Å². The highest BCUT2D eigenvalue weighted by atomic mass is 16.6. The quantitative estimate of drug-likeness (QED) is 0.397. The minimum Gasteiger partial charge on any atom is -0.305 e. The van der Waals surface area contributed by atoms with E-state index in [9.17, 15) is 0 Å². The lowest BCUT2D eigenvalue weighted by Gasteiger charge is -2.04. The van der Waals surface area contributed by atoms with Crippen LogP contribution in [0.2, 0.25) is 0 Å². The van der Waals surface area contributed by atoms with Gasteiger partial charge in [0.2, 0.25) is 0 Å². The van der Waals surface area contributed by atoms with Crippen molar-refractivity contribution in [2.24, 2.45) is 11.8 Å². The van der Waals surface area contributed by atoms with E-state index in [1.165, 1.54) is 57.8 Å². The van der Waals surface area contributed by atoms with Crippen molar-refractivity contribution < 1.29 is 4.84 Å². The van der Waals surface area contributed by atoms with Gasteiger partial charge in [0.1, 0.15) is 0 Å². The molecule has 0 bridgehead atoms. The van der Waals surface area contributed by atoms with E-state index in [1.54, 1.807) is 0 Å². The van der Waals surface area contributed by atoms with Crippen LogP contribution in [0.1, 0.15) is 78.1 Å². The predicted molar refractivity (Wildman–Crippen MR) is 71.1 cm³/mol. The summed E-state index contributed by atoms with van der Waals surface area (Å²) >= 11 is 0. The Kier molecular flexibility index (Phi) is 12.9. The Bertz CT molecular complexity index is 126. The molecule has 0 heterocycles. The average Bonchev–Trinajstić information content (AvgIpc) is 2.25. The molecule has 16 heavy (non-hydrogen) atoms. The molecular formula is C14H31NO. The van der Waals surface area contributed by atoms with Gasteiger partial charge in [-0.3, -0.25) is 0 Å². The van der Waals surface area contributed by atoms with Gasteiger partial charge in [0.05, 0.1) is 6.61 Å². The fourth-order valence-electron chi connectivity index (χ4n) is 1.98. The summed E-state index contributed by atoms with van der Waals surface area (Å²) in [5.41, 5.74) is 0. The molecule has 0 saturated carbocycles. The minimum atomic E-state index is 0.717. The molecule has 0 saturated heterocycles. The van der Waals surface area contributed by atoms with Crippen LogP contribution in [-0.2, 0) is 4.84 Å². The molecule has 0 amide bonds. The molecule has 0 atom stereocenters. The van der Waals surface area contributed by atoms with Crippen LogP contribution in [0.5, 0.6) is 0 Å². The summed E-state index contributed by atoms with van der Waals surface area (Å²) in [6, 6.07) is 0. The van der Waals surface area contributed by atoms with Gasteiger partial charge in [-0.25, -0.2) is 5.90 Å². The van der Waals surface area contributed by atoms with Gasteiger partial charge >= 0.3 is 0 Å². The van der Waals surface area contributed by atoms with Crippen molar-refractivity contribution in [1.29, 1.82) is 0 Å². The van der Waals surface area contributed by atoms with Gasteiger partial charge in [0, 0.05) is 0 Å². The third kappa shape index (κ3) is 13.9. The predicted octanol–water partition coefficient (Wildman–Crippen LogP) is 4.43. The fourth-order valence-corrected chi connectivity index (χ4v) is 1.98. The number of unbranched alkanes of at least 4 members (excludes halogenated alkanes) is 8. The van der Waals surface area contributed by atoms with Crippen LogP contribution in [0, 0.1) is 5.92 Å². The van der Waals surface area contributed by atoms with Crippen molar-refractivity contribution in [3.05, 3.63) is 0 Å². The Morgan fingerprint density at radius 1 is 0.750 bits per heavy atom. The third-order valence-electron chi connectivity index (χ3n) is 3.04. The highest BCUT2D eigenvalue weighted by Crippen LogP contribution is 2.12. The van der Waals surface area contributed by atoms with Gasteiger partial charge < -0.3 is 4.84 Å². The molecule has 0 radical (unpaired) electrons. The smallest absolute Gasteiger partial charge is 0.0679 e. The van der Waals surface area contributed by atoms with Crippen LogP contribution in [0.4, 0.5) is 0 Å². The molecule has 0 aliphatic heterocycles. The second-order valence-corrected chi connectivity index (χ2v) is 5.24. The first-order valence-corrected chi connectivity index (χ1v) is 7.09. The first-order chi connectivity index (χ1) is 7.77. The van der Waals surface area contributed by atoms with Crippen LogP contribution < -0.4 is 5.90 Å². The van der Waals surface area contributed by atoms with Gasteiger partial charge in [-0.2, -0.15) is 0 Å². The van der Waals surface area contributed by atoms with E-state index >= 15 is 0 Å². The first-order valence-electron chi connectivity index (χ1n) is 7.09. The van der Waals surface area contributed by atoms with Gasteiger partial charge in [-0.1, -0.05) is 71.6 Å². The summed E-state index contributed by atoms with van der Waals surface area (Å²) in [6.45, 7) is 5.34. The summed E-state index contributed by atoms with van der Waals surface area (Å²) in [4.78, 5) is 4.53. The van der Waals surface area contributed by atoms with Crippen molar-refractivity contribution in [3.8, 4) is 0 Å². The largest absolute Gasteiger partial charge is 0.305 e. The molecule has 0 aliphatic carbocycles. The first kappa shape index (κ1) is 15.9. The summed E-state index contributed by atoms with van der Waals surface area (Å²) in [7, 11) is 0. The Hall–Kier alpha value is -0.0800. The number of hydrogen-bond acceptors (Lipinski definition) is 2. The SMILES string of the molecule is CC(C)CCCCCCCCCCCON. The highest BCUT2D eigenvalue weighted by molar-refractivity contribution is 4.49. The molecule has 98 valence electrons.